The van der Waals surface area contributed by atoms with Crippen LogP contribution in [-0.2, 0) is 11.0 Å². The van der Waals surface area contributed by atoms with Gasteiger partial charge >= 0.3 is 12.2 Å². The molecule has 1 saturated carbocycles. The molecule has 0 radical (unpaired) electrons. The average Bonchev–Trinajstić information content (AvgIpc) is 3.19. The lowest BCUT2D eigenvalue weighted by Gasteiger charge is -2.26. The van der Waals surface area contributed by atoms with Gasteiger partial charge < -0.3 is 16.4 Å². The number of nitrogens with two attached hydrogens (primary N) is 1. The van der Waals surface area contributed by atoms with Crippen LogP contribution in [0.25, 0.3) is 0 Å². The first-order chi connectivity index (χ1) is 14.7. The largest absolute Gasteiger partial charge is 0.416 e. The summed E-state index contributed by atoms with van der Waals surface area (Å²) in [6, 6.07) is 12.7. The van der Waals surface area contributed by atoms with Crippen molar-refractivity contribution in [2.24, 2.45) is 5.73 Å². The molecule has 2 aromatic rings. The van der Waals surface area contributed by atoms with Crippen molar-refractivity contribution in [3.63, 3.8) is 0 Å². The van der Waals surface area contributed by atoms with Crippen LogP contribution in [0.1, 0.15) is 54.7 Å². The maximum atomic E-state index is 12.8. The molecular weight excluding hydrogens is 407 g/mol. The average molecular weight is 433 g/mol. The molecule has 0 aromatic heterocycles. The van der Waals surface area contributed by atoms with E-state index in [-0.39, 0.29) is 17.9 Å². The highest BCUT2D eigenvalue weighted by Crippen LogP contribution is 2.36. The maximum absolute atomic E-state index is 12.8. The molecule has 0 heterocycles. The molecule has 0 saturated heterocycles. The summed E-state index contributed by atoms with van der Waals surface area (Å²) in [5, 5.41) is 5.55. The molecule has 166 valence electrons. The first kappa shape index (κ1) is 22.7. The van der Waals surface area contributed by atoms with E-state index in [1.54, 1.807) is 0 Å². The van der Waals surface area contributed by atoms with Crippen molar-refractivity contribution < 1.29 is 22.8 Å². The summed E-state index contributed by atoms with van der Waals surface area (Å²) >= 11 is 0. The van der Waals surface area contributed by atoms with E-state index >= 15 is 0 Å². The highest BCUT2D eigenvalue weighted by atomic mass is 19.4. The summed E-state index contributed by atoms with van der Waals surface area (Å²) in [6.07, 6.45) is -2.08. The fourth-order valence-electron chi connectivity index (χ4n) is 4.19. The number of nitrogens with one attached hydrogen (secondary N) is 2. The Morgan fingerprint density at radius 2 is 1.68 bits per heavy atom. The van der Waals surface area contributed by atoms with Gasteiger partial charge in [-0.2, -0.15) is 13.2 Å². The van der Waals surface area contributed by atoms with Crippen LogP contribution in [-0.4, -0.2) is 24.0 Å². The second kappa shape index (κ2) is 9.41. The minimum Gasteiger partial charge on any atom is -0.368 e. The van der Waals surface area contributed by atoms with E-state index in [4.69, 9.17) is 5.73 Å². The highest BCUT2D eigenvalue weighted by molar-refractivity contribution is 5.87. The van der Waals surface area contributed by atoms with Crippen LogP contribution in [0.4, 0.5) is 18.0 Å². The molecule has 4 N–H and O–H groups in total. The monoisotopic (exact) mass is 433 g/mol. The lowest BCUT2D eigenvalue weighted by Crippen LogP contribution is -2.53. The van der Waals surface area contributed by atoms with Crippen molar-refractivity contribution in [1.29, 1.82) is 0 Å². The SMILES string of the molecule is CC(c1ccccc1)C(NC(=O)N[C@@H]1CCC[C@H]1c1ccc(C(F)(F)F)cc1)C(N)=O. The van der Waals surface area contributed by atoms with Gasteiger partial charge in [-0.1, -0.05) is 55.8 Å². The molecule has 0 spiro atoms. The van der Waals surface area contributed by atoms with Gasteiger partial charge in [0.05, 0.1) is 5.56 Å². The Morgan fingerprint density at radius 1 is 1.03 bits per heavy atom. The van der Waals surface area contributed by atoms with Crippen molar-refractivity contribution in [3.8, 4) is 0 Å². The zero-order valence-electron chi connectivity index (χ0n) is 17.2. The Bertz CT molecular complexity index is 901. The van der Waals surface area contributed by atoms with E-state index in [1.165, 1.54) is 12.1 Å². The standard InChI is InChI=1S/C23H26F3N3O2/c1-14(15-6-3-2-4-7-15)20(21(27)30)29-22(31)28-19-9-5-8-18(19)16-10-12-17(13-11-16)23(24,25)26/h2-4,6-7,10-14,18-20H,5,8-9H2,1H3,(H2,27,30)(H2,28,29,31)/t14?,18-,19+,20?/m0/s1. The number of carbonyl (C=O) groups excluding carboxylic acids is 2. The van der Waals surface area contributed by atoms with E-state index in [1.807, 2.05) is 37.3 Å². The van der Waals surface area contributed by atoms with Crippen molar-refractivity contribution in [1.82, 2.24) is 10.6 Å². The van der Waals surface area contributed by atoms with E-state index in [2.05, 4.69) is 10.6 Å². The number of rotatable bonds is 6. The molecule has 31 heavy (non-hydrogen) atoms. The molecule has 1 aliphatic rings. The minimum absolute atomic E-state index is 0.0911. The number of hydrogen-bond acceptors (Lipinski definition) is 2. The lowest BCUT2D eigenvalue weighted by atomic mass is 9.92. The number of halogens is 3. The van der Waals surface area contributed by atoms with Crippen LogP contribution in [0.5, 0.6) is 0 Å². The van der Waals surface area contributed by atoms with Gasteiger partial charge in [-0.25, -0.2) is 4.79 Å². The summed E-state index contributed by atoms with van der Waals surface area (Å²) < 4.78 is 38.5. The summed E-state index contributed by atoms with van der Waals surface area (Å²) in [7, 11) is 0. The molecule has 1 fully saturated rings. The Labute approximate surface area is 179 Å². The summed E-state index contributed by atoms with van der Waals surface area (Å²) in [5.41, 5.74) is 6.45. The number of alkyl halides is 3. The Balaban J connectivity index is 1.66. The van der Waals surface area contributed by atoms with Gasteiger partial charge in [-0.15, -0.1) is 0 Å². The molecule has 1 aliphatic carbocycles. The van der Waals surface area contributed by atoms with E-state index in [0.29, 0.717) is 6.42 Å². The van der Waals surface area contributed by atoms with Crippen molar-refractivity contribution >= 4 is 11.9 Å². The molecule has 8 heteroatoms. The van der Waals surface area contributed by atoms with Crippen LogP contribution < -0.4 is 16.4 Å². The van der Waals surface area contributed by atoms with Crippen LogP contribution in [0, 0.1) is 0 Å². The van der Waals surface area contributed by atoms with Crippen LogP contribution in [0.3, 0.4) is 0 Å². The van der Waals surface area contributed by atoms with Crippen LogP contribution in [0.2, 0.25) is 0 Å². The molecule has 5 nitrogen and oxygen atoms in total. The maximum Gasteiger partial charge on any atom is 0.416 e. The number of benzene rings is 2. The molecule has 3 rings (SSSR count). The normalized spacial score (nSPS) is 20.6. The quantitative estimate of drug-likeness (QED) is 0.635. The van der Waals surface area contributed by atoms with E-state index in [9.17, 15) is 22.8 Å². The van der Waals surface area contributed by atoms with Crippen LogP contribution in [0.15, 0.2) is 54.6 Å². The third-order valence-electron chi connectivity index (χ3n) is 5.92. The minimum atomic E-state index is -4.38. The predicted octanol–water partition coefficient (Wildman–Crippen LogP) is 4.30. The van der Waals surface area contributed by atoms with Crippen molar-refractivity contribution in [3.05, 3.63) is 71.3 Å². The third-order valence-corrected chi connectivity index (χ3v) is 5.92. The zero-order chi connectivity index (χ0) is 22.6. The van der Waals surface area contributed by atoms with Crippen molar-refractivity contribution in [2.75, 3.05) is 0 Å². The third kappa shape index (κ3) is 5.57. The molecule has 3 amide bonds. The Morgan fingerprint density at radius 3 is 2.26 bits per heavy atom. The highest BCUT2D eigenvalue weighted by Gasteiger charge is 2.34. The van der Waals surface area contributed by atoms with E-state index in [0.717, 1.165) is 36.1 Å². The molecule has 4 atom stereocenters. The van der Waals surface area contributed by atoms with E-state index < -0.39 is 29.7 Å². The molecule has 2 aromatic carbocycles. The fourth-order valence-corrected chi connectivity index (χ4v) is 4.19. The topological polar surface area (TPSA) is 84.2 Å². The first-order valence-corrected chi connectivity index (χ1v) is 10.2. The fraction of sp³-hybridized carbons (Fsp3) is 0.391. The molecule has 0 aliphatic heterocycles. The van der Waals surface area contributed by atoms with Gasteiger partial charge in [0.1, 0.15) is 6.04 Å². The smallest absolute Gasteiger partial charge is 0.368 e. The predicted molar refractivity (Wildman–Crippen MR) is 111 cm³/mol. The number of hydrogen-bond donors (Lipinski definition) is 3. The second-order valence-corrected chi connectivity index (χ2v) is 7.96. The van der Waals surface area contributed by atoms with Gasteiger partial charge in [0.15, 0.2) is 0 Å². The summed E-state index contributed by atoms with van der Waals surface area (Å²) in [6.45, 7) is 1.81. The number of urea groups is 1. The van der Waals surface area contributed by atoms with Crippen LogP contribution >= 0.6 is 0 Å². The molecular formula is C23H26F3N3O2. The van der Waals surface area contributed by atoms with Gasteiger partial charge in [0.25, 0.3) is 0 Å². The molecule has 0 bridgehead atoms. The number of carbonyl (C=O) groups is 2. The first-order valence-electron chi connectivity index (χ1n) is 10.2. The van der Waals surface area contributed by atoms with Gasteiger partial charge in [0.2, 0.25) is 5.91 Å². The number of primary amides is 1. The Hall–Kier alpha value is -3.03. The summed E-state index contributed by atoms with van der Waals surface area (Å²) in [4.78, 5) is 24.6. The summed E-state index contributed by atoms with van der Waals surface area (Å²) in [5.74, 6) is -1.05. The molecule has 2 unspecified atom stereocenters. The van der Waals surface area contributed by atoms with Crippen molar-refractivity contribution in [2.45, 2.75) is 56.3 Å². The Kier molecular flexibility index (Phi) is 6.87. The second-order valence-electron chi connectivity index (χ2n) is 7.96. The number of amides is 3. The zero-order valence-corrected chi connectivity index (χ0v) is 17.2. The van der Waals surface area contributed by atoms with Gasteiger partial charge in [-0.3, -0.25) is 4.79 Å². The van der Waals surface area contributed by atoms with Gasteiger partial charge in [0, 0.05) is 17.9 Å². The van der Waals surface area contributed by atoms with Gasteiger partial charge in [-0.05, 0) is 36.1 Å². The lowest BCUT2D eigenvalue weighted by molar-refractivity contribution is -0.137.